The van der Waals surface area contributed by atoms with E-state index in [0.717, 1.165) is 0 Å². The van der Waals surface area contributed by atoms with E-state index >= 15 is 0 Å². The van der Waals surface area contributed by atoms with Crippen molar-refractivity contribution in [3.05, 3.63) is 35.2 Å². The summed E-state index contributed by atoms with van der Waals surface area (Å²) < 4.78 is 32.8. The summed E-state index contributed by atoms with van der Waals surface area (Å²) in [5.41, 5.74) is 0.699. The zero-order chi connectivity index (χ0) is 15.3. The molecule has 0 fully saturated rings. The molecule has 0 aliphatic heterocycles. The fraction of sp³-hybridized carbons (Fsp3) is 0.333. The maximum atomic E-state index is 11.6. The predicted molar refractivity (Wildman–Crippen MR) is 78.8 cm³/mol. The first-order valence-electron chi connectivity index (χ1n) is 6.33. The molecule has 2 aromatic rings. The Morgan fingerprint density at radius 1 is 1.33 bits per heavy atom. The Kier molecular flexibility index (Phi) is 5.29. The number of hydrogen-bond donors (Lipinski definition) is 2. The van der Waals surface area contributed by atoms with Crippen LogP contribution in [0.25, 0.3) is 11.4 Å². The van der Waals surface area contributed by atoms with Gasteiger partial charge >= 0.3 is 0 Å². The van der Waals surface area contributed by atoms with Gasteiger partial charge in [0.1, 0.15) is 0 Å². The van der Waals surface area contributed by atoms with Gasteiger partial charge in [0.15, 0.2) is 0 Å². The second-order valence-corrected chi connectivity index (χ2v) is 6.26. The van der Waals surface area contributed by atoms with E-state index in [9.17, 15) is 8.42 Å². The molecule has 0 aliphatic carbocycles. The van der Waals surface area contributed by atoms with Crippen molar-refractivity contribution in [1.29, 1.82) is 0 Å². The minimum atomic E-state index is -3.55. The molecule has 2 rings (SSSR count). The Morgan fingerprint density at radius 2 is 2.14 bits per heavy atom. The summed E-state index contributed by atoms with van der Waals surface area (Å²) in [6, 6.07) is 6.99. The van der Waals surface area contributed by atoms with E-state index < -0.39 is 10.2 Å². The quantitative estimate of drug-likeness (QED) is 0.805. The Morgan fingerprint density at radius 3 is 2.86 bits per heavy atom. The molecule has 1 aromatic carbocycles. The van der Waals surface area contributed by atoms with E-state index in [1.165, 1.54) is 0 Å². The van der Waals surface area contributed by atoms with Crippen molar-refractivity contribution in [3.8, 4) is 11.4 Å². The normalized spacial score (nSPS) is 11.7. The molecule has 9 heteroatoms. The van der Waals surface area contributed by atoms with Crippen molar-refractivity contribution < 1.29 is 12.9 Å². The first kappa shape index (κ1) is 15.9. The van der Waals surface area contributed by atoms with Gasteiger partial charge in [0.25, 0.3) is 10.2 Å². The first-order valence-corrected chi connectivity index (χ1v) is 8.19. The van der Waals surface area contributed by atoms with Gasteiger partial charge < -0.3 is 4.52 Å². The molecule has 0 unspecified atom stereocenters. The highest BCUT2D eigenvalue weighted by Gasteiger charge is 2.13. The molecular weight excluding hydrogens is 316 g/mol. The van der Waals surface area contributed by atoms with Crippen molar-refractivity contribution in [2.24, 2.45) is 0 Å². The molecule has 21 heavy (non-hydrogen) atoms. The van der Waals surface area contributed by atoms with Gasteiger partial charge in [-0.2, -0.15) is 18.1 Å². The lowest BCUT2D eigenvalue weighted by molar-refractivity contribution is 0.375. The van der Waals surface area contributed by atoms with Gasteiger partial charge in [0.05, 0.1) is 6.54 Å². The van der Waals surface area contributed by atoms with Crippen LogP contribution in [0, 0.1) is 0 Å². The second-order valence-electron chi connectivity index (χ2n) is 4.24. The number of halogens is 1. The largest absolute Gasteiger partial charge is 0.338 e. The summed E-state index contributed by atoms with van der Waals surface area (Å²) in [4.78, 5) is 4.11. The molecule has 1 aromatic heterocycles. The number of rotatable bonds is 7. The molecule has 0 aliphatic rings. The number of nitrogens with zero attached hydrogens (tertiary/aromatic N) is 2. The van der Waals surface area contributed by atoms with Crippen molar-refractivity contribution in [1.82, 2.24) is 19.6 Å². The Labute approximate surface area is 127 Å². The maximum absolute atomic E-state index is 11.6. The van der Waals surface area contributed by atoms with E-state index in [1.54, 1.807) is 24.3 Å². The third kappa shape index (κ3) is 4.78. The summed E-state index contributed by atoms with van der Waals surface area (Å²) in [5.74, 6) is 0.528. The summed E-state index contributed by atoms with van der Waals surface area (Å²) in [6.45, 7) is 2.16. The lowest BCUT2D eigenvalue weighted by Crippen LogP contribution is -2.36. The first-order chi connectivity index (χ1) is 10.00. The van der Waals surface area contributed by atoms with Gasteiger partial charge in [-0.05, 0) is 18.6 Å². The highest BCUT2D eigenvalue weighted by molar-refractivity contribution is 7.87. The van der Waals surface area contributed by atoms with Crippen LogP contribution in [-0.2, 0) is 16.8 Å². The monoisotopic (exact) mass is 330 g/mol. The minimum Gasteiger partial charge on any atom is -0.338 e. The third-order valence-electron chi connectivity index (χ3n) is 2.51. The van der Waals surface area contributed by atoms with Gasteiger partial charge in [-0.3, -0.25) is 0 Å². The van der Waals surface area contributed by atoms with Crippen LogP contribution in [0.2, 0.25) is 5.02 Å². The van der Waals surface area contributed by atoms with Crippen LogP contribution in [0.15, 0.2) is 28.8 Å². The van der Waals surface area contributed by atoms with E-state index in [2.05, 4.69) is 19.6 Å². The molecule has 0 spiro atoms. The van der Waals surface area contributed by atoms with E-state index in [4.69, 9.17) is 16.1 Å². The molecule has 2 N–H and O–H groups in total. The topological polar surface area (TPSA) is 97.1 Å². The zero-order valence-corrected chi connectivity index (χ0v) is 12.9. The second kappa shape index (κ2) is 6.99. The molecule has 114 valence electrons. The van der Waals surface area contributed by atoms with Crippen LogP contribution in [0.1, 0.15) is 19.2 Å². The number of benzene rings is 1. The van der Waals surface area contributed by atoms with Crippen molar-refractivity contribution in [3.63, 3.8) is 0 Å². The van der Waals surface area contributed by atoms with Gasteiger partial charge in [-0.1, -0.05) is 35.8 Å². The molecule has 0 saturated heterocycles. The molecule has 7 nitrogen and oxygen atoms in total. The molecule has 0 atom stereocenters. The van der Waals surface area contributed by atoms with Crippen molar-refractivity contribution in [2.45, 2.75) is 19.9 Å². The van der Waals surface area contributed by atoms with Crippen molar-refractivity contribution in [2.75, 3.05) is 6.54 Å². The fourth-order valence-corrected chi connectivity index (χ4v) is 2.59. The Hall–Kier alpha value is -1.48. The fourth-order valence-electron chi connectivity index (χ4n) is 1.52. The van der Waals surface area contributed by atoms with E-state index in [1.807, 2.05) is 6.92 Å². The van der Waals surface area contributed by atoms with Crippen LogP contribution in [0.3, 0.4) is 0 Å². The van der Waals surface area contributed by atoms with Gasteiger partial charge in [-0.15, -0.1) is 0 Å². The summed E-state index contributed by atoms with van der Waals surface area (Å²) >= 11 is 5.88. The number of nitrogens with one attached hydrogen (secondary N) is 2. The van der Waals surface area contributed by atoms with Crippen LogP contribution >= 0.6 is 11.6 Å². The summed E-state index contributed by atoms with van der Waals surface area (Å²) in [5, 5.41) is 4.35. The Balaban J connectivity index is 2.01. The van der Waals surface area contributed by atoms with E-state index in [0.29, 0.717) is 29.4 Å². The maximum Gasteiger partial charge on any atom is 0.277 e. The highest BCUT2D eigenvalue weighted by Crippen LogP contribution is 2.19. The van der Waals surface area contributed by atoms with Gasteiger partial charge in [-0.25, -0.2) is 4.72 Å². The molecule has 0 amide bonds. The van der Waals surface area contributed by atoms with Crippen LogP contribution in [0.5, 0.6) is 0 Å². The number of hydrogen-bond acceptors (Lipinski definition) is 5. The summed E-state index contributed by atoms with van der Waals surface area (Å²) in [7, 11) is -3.55. The molecule has 0 saturated carbocycles. The minimum absolute atomic E-state index is 0.0768. The molecule has 0 bridgehead atoms. The average Bonchev–Trinajstić information content (AvgIpc) is 2.92. The highest BCUT2D eigenvalue weighted by atomic mass is 35.5. The lowest BCUT2D eigenvalue weighted by Gasteiger charge is -2.04. The van der Waals surface area contributed by atoms with Crippen LogP contribution in [0.4, 0.5) is 0 Å². The van der Waals surface area contributed by atoms with Crippen molar-refractivity contribution >= 4 is 21.8 Å². The van der Waals surface area contributed by atoms with Gasteiger partial charge in [0, 0.05) is 17.1 Å². The molecule has 0 radical (unpaired) electrons. The summed E-state index contributed by atoms with van der Waals surface area (Å²) in [6.07, 6.45) is 0.709. The number of aromatic nitrogens is 2. The lowest BCUT2D eigenvalue weighted by atomic mass is 10.2. The smallest absolute Gasteiger partial charge is 0.277 e. The average molecular weight is 331 g/mol. The standard InChI is InChI=1S/C12H15ClN4O3S/c1-2-6-14-21(18,19)15-8-11-16-12(17-20-11)9-4-3-5-10(13)7-9/h3-5,7,14-15H,2,6,8H2,1H3. The predicted octanol–water partition coefficient (Wildman–Crippen LogP) is 1.72. The SMILES string of the molecule is CCCNS(=O)(=O)NCc1nc(-c2cccc(Cl)c2)no1. The van der Waals surface area contributed by atoms with Crippen LogP contribution < -0.4 is 9.44 Å². The zero-order valence-electron chi connectivity index (χ0n) is 11.3. The van der Waals surface area contributed by atoms with E-state index in [-0.39, 0.29) is 12.4 Å². The molecular formula is C12H15ClN4O3S. The molecule has 1 heterocycles. The third-order valence-corrected chi connectivity index (χ3v) is 3.85. The van der Waals surface area contributed by atoms with Gasteiger partial charge in [0.2, 0.25) is 11.7 Å². The van der Waals surface area contributed by atoms with Crippen LogP contribution in [-0.4, -0.2) is 25.1 Å². The Bertz CT molecular complexity index is 702.